The zero-order chi connectivity index (χ0) is 15.1. The Bertz CT molecular complexity index is 728. The van der Waals surface area contributed by atoms with E-state index >= 15 is 0 Å². The Kier molecular flexibility index (Phi) is 3.26. The van der Waals surface area contributed by atoms with Crippen LogP contribution in [-0.4, -0.2) is 31.6 Å². The molecule has 22 heavy (non-hydrogen) atoms. The molecule has 0 spiro atoms. The quantitative estimate of drug-likeness (QED) is 0.914. The van der Waals surface area contributed by atoms with Crippen LogP contribution >= 0.6 is 0 Å². The molecule has 2 bridgehead atoms. The zero-order valence-corrected chi connectivity index (χ0v) is 12.6. The second-order valence-electron chi connectivity index (χ2n) is 6.31. The minimum atomic E-state index is 0.0188. The highest BCUT2D eigenvalue weighted by molar-refractivity contribution is 6.00. The van der Waals surface area contributed by atoms with Crippen molar-refractivity contribution in [1.82, 2.24) is 10.6 Å². The number of piperidine rings is 1. The zero-order valence-electron chi connectivity index (χ0n) is 12.6. The van der Waals surface area contributed by atoms with Gasteiger partial charge in [0.25, 0.3) is 5.91 Å². The van der Waals surface area contributed by atoms with E-state index in [0.717, 1.165) is 29.5 Å². The number of fused-ring (bicyclic) bond motifs is 3. The van der Waals surface area contributed by atoms with Gasteiger partial charge < -0.3 is 15.4 Å². The molecule has 4 rings (SSSR count). The summed E-state index contributed by atoms with van der Waals surface area (Å²) in [6.07, 6.45) is 2.24. The molecule has 3 unspecified atom stereocenters. The molecule has 0 radical (unpaired) electrons. The topological polar surface area (TPSA) is 50.4 Å². The third-order valence-electron chi connectivity index (χ3n) is 5.00. The Balaban J connectivity index is 1.59. The van der Waals surface area contributed by atoms with E-state index in [1.165, 1.54) is 6.42 Å². The summed E-state index contributed by atoms with van der Waals surface area (Å²) in [5.41, 5.74) is 0.702. The maximum absolute atomic E-state index is 12.5. The number of hydrogen-bond acceptors (Lipinski definition) is 3. The lowest BCUT2D eigenvalue weighted by Gasteiger charge is -2.23. The summed E-state index contributed by atoms with van der Waals surface area (Å²) in [5.74, 6) is 1.41. The Labute approximate surface area is 129 Å². The first-order valence-corrected chi connectivity index (χ1v) is 7.85. The number of hydrogen-bond donors (Lipinski definition) is 2. The van der Waals surface area contributed by atoms with Gasteiger partial charge in [0, 0.05) is 29.6 Å². The average Bonchev–Trinajstić information content (AvgIpc) is 3.16. The first-order chi connectivity index (χ1) is 10.7. The van der Waals surface area contributed by atoms with Crippen LogP contribution in [0.3, 0.4) is 0 Å². The summed E-state index contributed by atoms with van der Waals surface area (Å²) in [6, 6.07) is 12.6. The summed E-state index contributed by atoms with van der Waals surface area (Å²) >= 11 is 0. The molecule has 2 N–H and O–H groups in total. The number of rotatable bonds is 3. The highest BCUT2D eigenvalue weighted by atomic mass is 16.5. The first kappa shape index (κ1) is 13.6. The van der Waals surface area contributed by atoms with Crippen LogP contribution in [-0.2, 0) is 0 Å². The van der Waals surface area contributed by atoms with E-state index < -0.39 is 0 Å². The van der Waals surface area contributed by atoms with Crippen LogP contribution in [0.25, 0.3) is 10.8 Å². The van der Waals surface area contributed by atoms with Gasteiger partial charge in [-0.05, 0) is 42.3 Å². The van der Waals surface area contributed by atoms with E-state index in [-0.39, 0.29) is 5.91 Å². The van der Waals surface area contributed by atoms with Crippen LogP contribution in [0.4, 0.5) is 0 Å². The lowest BCUT2D eigenvalue weighted by molar-refractivity contribution is 0.0925. The fourth-order valence-corrected chi connectivity index (χ4v) is 3.83. The number of carbonyl (C=O) groups is 1. The Morgan fingerprint density at radius 2 is 2.18 bits per heavy atom. The molecule has 2 aromatic carbocycles. The van der Waals surface area contributed by atoms with Gasteiger partial charge in [-0.2, -0.15) is 0 Å². The van der Waals surface area contributed by atoms with Crippen molar-refractivity contribution >= 4 is 16.7 Å². The number of methoxy groups -OCH3 is 1. The molecule has 1 saturated heterocycles. The fourth-order valence-electron chi connectivity index (χ4n) is 3.83. The lowest BCUT2D eigenvalue weighted by Crippen LogP contribution is -2.44. The van der Waals surface area contributed by atoms with Gasteiger partial charge in [0.1, 0.15) is 5.75 Å². The summed E-state index contributed by atoms with van der Waals surface area (Å²) in [7, 11) is 1.66. The van der Waals surface area contributed by atoms with Crippen LogP contribution in [0.2, 0.25) is 0 Å². The van der Waals surface area contributed by atoms with Crippen molar-refractivity contribution in [3.05, 3.63) is 42.0 Å². The van der Waals surface area contributed by atoms with Crippen molar-refractivity contribution in [3.8, 4) is 5.75 Å². The molecule has 1 aliphatic heterocycles. The molecule has 2 fully saturated rings. The molecule has 3 atom stereocenters. The second-order valence-corrected chi connectivity index (χ2v) is 6.31. The standard InChI is InChI=1S/C18H20N2O2/c1-22-17-4-2-3-11-5-6-12(8-15(11)17)18(21)20-16-9-14-7-13(16)10-19-14/h2-6,8,13-14,16,19H,7,9-10H2,1H3,(H,20,21). The van der Waals surface area contributed by atoms with Crippen LogP contribution in [0.5, 0.6) is 5.75 Å². The molecule has 1 aliphatic carbocycles. The normalized spacial score (nSPS) is 26.3. The fraction of sp³-hybridized carbons (Fsp3) is 0.389. The smallest absolute Gasteiger partial charge is 0.251 e. The molecule has 1 saturated carbocycles. The highest BCUT2D eigenvalue weighted by Gasteiger charge is 2.40. The van der Waals surface area contributed by atoms with Crippen LogP contribution in [0.15, 0.2) is 36.4 Å². The third-order valence-corrected chi connectivity index (χ3v) is 5.00. The molecule has 1 amide bonds. The molecular formula is C18H20N2O2. The molecule has 0 aromatic heterocycles. The summed E-state index contributed by atoms with van der Waals surface area (Å²) in [5, 5.41) is 8.74. The largest absolute Gasteiger partial charge is 0.496 e. The van der Waals surface area contributed by atoms with Crippen LogP contribution in [0.1, 0.15) is 23.2 Å². The van der Waals surface area contributed by atoms with Gasteiger partial charge in [-0.3, -0.25) is 4.79 Å². The van der Waals surface area contributed by atoms with E-state index in [1.54, 1.807) is 7.11 Å². The second kappa shape index (κ2) is 5.29. The van der Waals surface area contributed by atoms with Gasteiger partial charge in [-0.1, -0.05) is 18.2 Å². The minimum absolute atomic E-state index is 0.0188. The SMILES string of the molecule is COc1cccc2ccc(C(=O)NC3CC4CC3CN4)cc12. The van der Waals surface area contributed by atoms with E-state index in [4.69, 9.17) is 4.74 Å². The Hall–Kier alpha value is -2.07. The van der Waals surface area contributed by atoms with Crippen LogP contribution < -0.4 is 15.4 Å². The predicted octanol–water partition coefficient (Wildman–Crippen LogP) is 2.33. The molecular weight excluding hydrogens is 276 g/mol. The first-order valence-electron chi connectivity index (χ1n) is 7.85. The van der Waals surface area contributed by atoms with Gasteiger partial charge in [-0.15, -0.1) is 0 Å². The number of nitrogens with one attached hydrogen (secondary N) is 2. The monoisotopic (exact) mass is 296 g/mol. The van der Waals surface area contributed by atoms with Crippen molar-refractivity contribution in [3.63, 3.8) is 0 Å². The highest BCUT2D eigenvalue weighted by Crippen LogP contribution is 2.31. The lowest BCUT2D eigenvalue weighted by atomic mass is 10.0. The van der Waals surface area contributed by atoms with Gasteiger partial charge in [-0.25, -0.2) is 0 Å². The molecule has 114 valence electrons. The van der Waals surface area contributed by atoms with Gasteiger partial charge >= 0.3 is 0 Å². The van der Waals surface area contributed by atoms with Crippen molar-refractivity contribution in [2.45, 2.75) is 24.9 Å². The van der Waals surface area contributed by atoms with Gasteiger partial charge in [0.2, 0.25) is 0 Å². The number of amides is 1. The third kappa shape index (κ3) is 2.24. The molecule has 2 aromatic rings. The van der Waals surface area contributed by atoms with E-state index in [1.807, 2.05) is 36.4 Å². The van der Waals surface area contributed by atoms with Crippen molar-refractivity contribution < 1.29 is 9.53 Å². The minimum Gasteiger partial charge on any atom is -0.496 e. The summed E-state index contributed by atoms with van der Waals surface area (Å²) < 4.78 is 5.40. The van der Waals surface area contributed by atoms with E-state index in [2.05, 4.69) is 10.6 Å². The van der Waals surface area contributed by atoms with Crippen LogP contribution in [0, 0.1) is 5.92 Å². The van der Waals surface area contributed by atoms with E-state index in [0.29, 0.717) is 23.6 Å². The van der Waals surface area contributed by atoms with Gasteiger partial charge in [0.15, 0.2) is 0 Å². The average molecular weight is 296 g/mol. The van der Waals surface area contributed by atoms with Crippen molar-refractivity contribution in [2.75, 3.05) is 13.7 Å². The maximum atomic E-state index is 12.5. The van der Waals surface area contributed by atoms with Crippen molar-refractivity contribution in [1.29, 1.82) is 0 Å². The van der Waals surface area contributed by atoms with E-state index in [9.17, 15) is 4.79 Å². The number of carbonyl (C=O) groups excluding carboxylic acids is 1. The maximum Gasteiger partial charge on any atom is 0.251 e. The molecule has 2 aliphatic rings. The Morgan fingerprint density at radius 1 is 1.27 bits per heavy atom. The summed E-state index contributed by atoms with van der Waals surface area (Å²) in [6.45, 7) is 1.03. The number of benzene rings is 2. The summed E-state index contributed by atoms with van der Waals surface area (Å²) in [4.78, 5) is 12.5. The molecule has 4 nitrogen and oxygen atoms in total. The Morgan fingerprint density at radius 3 is 2.91 bits per heavy atom. The molecule has 1 heterocycles. The van der Waals surface area contributed by atoms with Crippen molar-refractivity contribution in [2.24, 2.45) is 5.92 Å². The van der Waals surface area contributed by atoms with Gasteiger partial charge in [0.05, 0.1) is 7.11 Å². The number of ether oxygens (including phenoxy) is 1. The molecule has 4 heteroatoms. The predicted molar refractivity (Wildman–Crippen MR) is 86.3 cm³/mol.